The minimum Gasteiger partial charge on any atom is -0.480 e. The summed E-state index contributed by atoms with van der Waals surface area (Å²) in [5.74, 6) is 0.219. The largest absolute Gasteiger partial charge is 0.480 e. The second-order valence-electron chi connectivity index (χ2n) is 5.40. The lowest BCUT2D eigenvalue weighted by atomic mass is 10.1. The van der Waals surface area contributed by atoms with Crippen molar-refractivity contribution < 1.29 is 9.90 Å². The van der Waals surface area contributed by atoms with Crippen LogP contribution in [-0.4, -0.2) is 59.1 Å². The third-order valence-electron chi connectivity index (χ3n) is 4.31. The highest BCUT2D eigenvalue weighted by Gasteiger charge is 2.36. The van der Waals surface area contributed by atoms with Crippen molar-refractivity contribution in [2.24, 2.45) is 5.92 Å². The van der Waals surface area contributed by atoms with Gasteiger partial charge in [-0.3, -0.25) is 14.6 Å². The number of piperazine rings is 1. The van der Waals surface area contributed by atoms with E-state index in [1.807, 2.05) is 0 Å². The van der Waals surface area contributed by atoms with E-state index in [9.17, 15) is 4.79 Å². The first kappa shape index (κ1) is 12.8. The van der Waals surface area contributed by atoms with Gasteiger partial charge in [0.15, 0.2) is 0 Å². The van der Waals surface area contributed by atoms with Gasteiger partial charge >= 0.3 is 5.97 Å². The molecular weight excluding hydrogens is 216 g/mol. The quantitative estimate of drug-likeness (QED) is 0.786. The second-order valence-corrected chi connectivity index (χ2v) is 5.40. The summed E-state index contributed by atoms with van der Waals surface area (Å²) >= 11 is 0. The monoisotopic (exact) mass is 240 g/mol. The molecular formula is C13H24N2O2. The molecule has 0 bridgehead atoms. The van der Waals surface area contributed by atoms with Crippen LogP contribution in [0.4, 0.5) is 0 Å². The van der Waals surface area contributed by atoms with Gasteiger partial charge in [-0.2, -0.15) is 0 Å². The SMILES string of the molecule is CCC(C1CC1)N1CCN(C(C)C(=O)O)CC1. The van der Waals surface area contributed by atoms with Gasteiger partial charge in [-0.05, 0) is 32.1 Å². The molecule has 1 N–H and O–H groups in total. The molecule has 0 radical (unpaired) electrons. The van der Waals surface area contributed by atoms with Gasteiger partial charge in [0.1, 0.15) is 6.04 Å². The van der Waals surface area contributed by atoms with E-state index in [0.29, 0.717) is 0 Å². The zero-order chi connectivity index (χ0) is 12.4. The van der Waals surface area contributed by atoms with Crippen molar-refractivity contribution in [1.29, 1.82) is 0 Å². The summed E-state index contributed by atoms with van der Waals surface area (Å²) < 4.78 is 0. The number of carboxylic acid groups (broad SMARTS) is 1. The number of rotatable bonds is 5. The Balaban J connectivity index is 1.82. The molecule has 1 saturated carbocycles. The van der Waals surface area contributed by atoms with E-state index in [1.54, 1.807) is 6.92 Å². The van der Waals surface area contributed by atoms with Crippen molar-refractivity contribution in [2.75, 3.05) is 26.2 Å². The smallest absolute Gasteiger partial charge is 0.320 e. The van der Waals surface area contributed by atoms with Gasteiger partial charge in [0.25, 0.3) is 0 Å². The lowest BCUT2D eigenvalue weighted by Gasteiger charge is -2.40. The van der Waals surface area contributed by atoms with Crippen molar-refractivity contribution in [3.63, 3.8) is 0 Å². The highest BCUT2D eigenvalue weighted by molar-refractivity contribution is 5.72. The molecule has 0 aromatic carbocycles. The predicted molar refractivity (Wildman–Crippen MR) is 67.0 cm³/mol. The van der Waals surface area contributed by atoms with E-state index in [4.69, 9.17) is 5.11 Å². The Morgan fingerprint density at radius 3 is 2.18 bits per heavy atom. The van der Waals surface area contributed by atoms with Gasteiger partial charge in [0.2, 0.25) is 0 Å². The van der Waals surface area contributed by atoms with Crippen molar-refractivity contribution in [3.8, 4) is 0 Å². The molecule has 17 heavy (non-hydrogen) atoms. The number of aliphatic carboxylic acids is 1. The van der Waals surface area contributed by atoms with Crippen LogP contribution in [0.5, 0.6) is 0 Å². The van der Waals surface area contributed by atoms with E-state index in [0.717, 1.165) is 38.1 Å². The van der Waals surface area contributed by atoms with Crippen molar-refractivity contribution in [3.05, 3.63) is 0 Å². The molecule has 2 rings (SSSR count). The molecule has 0 amide bonds. The lowest BCUT2D eigenvalue weighted by molar-refractivity contribution is -0.143. The third-order valence-corrected chi connectivity index (χ3v) is 4.31. The average Bonchev–Trinajstić information content (AvgIpc) is 3.14. The first-order valence-corrected chi connectivity index (χ1v) is 6.84. The Morgan fingerprint density at radius 2 is 1.76 bits per heavy atom. The number of hydrogen-bond donors (Lipinski definition) is 1. The van der Waals surface area contributed by atoms with E-state index < -0.39 is 5.97 Å². The summed E-state index contributed by atoms with van der Waals surface area (Å²) in [5, 5.41) is 9.00. The maximum Gasteiger partial charge on any atom is 0.320 e. The Hall–Kier alpha value is -0.610. The maximum absolute atomic E-state index is 10.9. The highest BCUT2D eigenvalue weighted by Crippen LogP contribution is 2.37. The Labute approximate surface area is 104 Å². The summed E-state index contributed by atoms with van der Waals surface area (Å²) in [7, 11) is 0. The second kappa shape index (κ2) is 5.36. The zero-order valence-electron chi connectivity index (χ0n) is 10.9. The molecule has 2 atom stereocenters. The van der Waals surface area contributed by atoms with E-state index in [2.05, 4.69) is 16.7 Å². The van der Waals surface area contributed by atoms with Gasteiger partial charge in [0, 0.05) is 32.2 Å². The first-order valence-electron chi connectivity index (χ1n) is 6.84. The molecule has 4 nitrogen and oxygen atoms in total. The minimum atomic E-state index is -0.701. The molecule has 2 unspecified atom stereocenters. The minimum absolute atomic E-state index is 0.335. The van der Waals surface area contributed by atoms with Crippen LogP contribution in [0.2, 0.25) is 0 Å². The number of carboxylic acids is 1. The van der Waals surface area contributed by atoms with Gasteiger partial charge in [-0.1, -0.05) is 6.92 Å². The predicted octanol–water partition coefficient (Wildman–Crippen LogP) is 1.27. The van der Waals surface area contributed by atoms with E-state index in [1.165, 1.54) is 19.3 Å². The summed E-state index contributed by atoms with van der Waals surface area (Å²) in [5.41, 5.74) is 0. The fraction of sp³-hybridized carbons (Fsp3) is 0.923. The van der Waals surface area contributed by atoms with Crippen LogP contribution in [0.3, 0.4) is 0 Å². The van der Waals surface area contributed by atoms with Crippen LogP contribution in [0.1, 0.15) is 33.1 Å². The van der Waals surface area contributed by atoms with Gasteiger partial charge in [-0.15, -0.1) is 0 Å². The molecule has 1 aliphatic heterocycles. The number of hydrogen-bond acceptors (Lipinski definition) is 3. The summed E-state index contributed by atoms with van der Waals surface area (Å²) in [6.45, 7) is 7.93. The molecule has 1 aliphatic carbocycles. The van der Waals surface area contributed by atoms with Crippen molar-refractivity contribution in [1.82, 2.24) is 9.80 Å². The van der Waals surface area contributed by atoms with Gasteiger partial charge < -0.3 is 5.11 Å². The Morgan fingerprint density at radius 1 is 1.24 bits per heavy atom. The van der Waals surface area contributed by atoms with Crippen LogP contribution in [-0.2, 0) is 4.79 Å². The van der Waals surface area contributed by atoms with Crippen LogP contribution in [0.25, 0.3) is 0 Å². The molecule has 0 aromatic heterocycles. The van der Waals surface area contributed by atoms with Crippen molar-refractivity contribution in [2.45, 2.75) is 45.2 Å². The Kier molecular flexibility index (Phi) is 4.05. The zero-order valence-corrected chi connectivity index (χ0v) is 10.9. The standard InChI is InChI=1S/C13H24N2O2/c1-3-12(11-4-5-11)15-8-6-14(7-9-15)10(2)13(16)17/h10-12H,3-9H2,1-2H3,(H,16,17). The van der Waals surface area contributed by atoms with E-state index >= 15 is 0 Å². The molecule has 98 valence electrons. The highest BCUT2D eigenvalue weighted by atomic mass is 16.4. The average molecular weight is 240 g/mol. The molecule has 4 heteroatoms. The van der Waals surface area contributed by atoms with E-state index in [-0.39, 0.29) is 6.04 Å². The fourth-order valence-corrected chi connectivity index (χ4v) is 2.98. The third kappa shape index (κ3) is 2.99. The number of carbonyl (C=O) groups is 1. The van der Waals surface area contributed by atoms with Crippen LogP contribution in [0, 0.1) is 5.92 Å². The van der Waals surface area contributed by atoms with Gasteiger partial charge in [0.05, 0.1) is 0 Å². The molecule has 1 saturated heterocycles. The summed E-state index contributed by atoms with van der Waals surface area (Å²) in [6, 6.07) is 0.412. The molecule has 2 fully saturated rings. The Bertz CT molecular complexity index is 271. The number of nitrogens with zero attached hydrogens (tertiary/aromatic N) is 2. The first-order chi connectivity index (χ1) is 8.13. The molecule has 0 spiro atoms. The lowest BCUT2D eigenvalue weighted by Crippen LogP contribution is -2.54. The van der Waals surface area contributed by atoms with Gasteiger partial charge in [-0.25, -0.2) is 0 Å². The van der Waals surface area contributed by atoms with Crippen LogP contribution >= 0.6 is 0 Å². The summed E-state index contributed by atoms with van der Waals surface area (Å²) in [4.78, 5) is 15.6. The fourth-order valence-electron chi connectivity index (χ4n) is 2.98. The summed E-state index contributed by atoms with van der Waals surface area (Å²) in [6.07, 6.45) is 4.02. The molecule has 2 aliphatic rings. The molecule has 1 heterocycles. The maximum atomic E-state index is 10.9. The molecule has 0 aromatic rings. The normalized spacial score (nSPS) is 26.7. The van der Waals surface area contributed by atoms with Crippen LogP contribution in [0.15, 0.2) is 0 Å². The topological polar surface area (TPSA) is 43.8 Å². The van der Waals surface area contributed by atoms with Crippen molar-refractivity contribution >= 4 is 5.97 Å². The van der Waals surface area contributed by atoms with Crippen LogP contribution < -0.4 is 0 Å².